The van der Waals surface area contributed by atoms with Gasteiger partial charge in [-0.15, -0.1) is 0 Å². The van der Waals surface area contributed by atoms with Gasteiger partial charge in [-0.2, -0.15) is 0 Å². The van der Waals surface area contributed by atoms with E-state index in [4.69, 9.17) is 16.7 Å². The van der Waals surface area contributed by atoms with E-state index in [2.05, 4.69) is 5.32 Å². The van der Waals surface area contributed by atoms with Gasteiger partial charge in [-0.3, -0.25) is 4.79 Å². The fraction of sp³-hybridized carbons (Fsp3) is 0.500. The summed E-state index contributed by atoms with van der Waals surface area (Å²) in [4.78, 5) is 10.9. The number of nitrogens with one attached hydrogen (secondary N) is 1. The van der Waals surface area contributed by atoms with Gasteiger partial charge >= 0.3 is 5.97 Å². The van der Waals surface area contributed by atoms with Crippen LogP contribution < -0.4 is 5.32 Å². The molecule has 0 bridgehead atoms. The Morgan fingerprint density at radius 1 is 1.44 bits per heavy atom. The van der Waals surface area contributed by atoms with Gasteiger partial charge in [0.15, 0.2) is 0 Å². The highest BCUT2D eigenvalue weighted by molar-refractivity contribution is 6.31. The van der Waals surface area contributed by atoms with Crippen molar-refractivity contribution < 1.29 is 9.90 Å². The highest BCUT2D eigenvalue weighted by atomic mass is 35.5. The monoisotopic (exact) mass is 269 g/mol. The highest BCUT2D eigenvalue weighted by Crippen LogP contribution is 2.20. The van der Waals surface area contributed by atoms with Crippen molar-refractivity contribution in [3.05, 3.63) is 34.3 Å². The number of carbonyl (C=O) groups is 1. The summed E-state index contributed by atoms with van der Waals surface area (Å²) in [5.41, 5.74) is 1.49. The molecule has 18 heavy (non-hydrogen) atoms. The number of carboxylic acid groups (broad SMARTS) is 1. The van der Waals surface area contributed by atoms with E-state index in [-0.39, 0.29) is 0 Å². The van der Waals surface area contributed by atoms with E-state index in [1.54, 1.807) is 13.8 Å². The van der Waals surface area contributed by atoms with Crippen molar-refractivity contribution in [3.63, 3.8) is 0 Å². The van der Waals surface area contributed by atoms with Crippen LogP contribution in [-0.4, -0.2) is 17.6 Å². The first-order valence-corrected chi connectivity index (χ1v) is 6.40. The van der Waals surface area contributed by atoms with Crippen LogP contribution in [0.25, 0.3) is 0 Å². The van der Waals surface area contributed by atoms with Crippen LogP contribution in [0.1, 0.15) is 31.4 Å². The maximum atomic E-state index is 10.9. The Kier molecular flexibility index (Phi) is 5.17. The van der Waals surface area contributed by atoms with Gasteiger partial charge < -0.3 is 10.4 Å². The summed E-state index contributed by atoms with van der Waals surface area (Å²) >= 11 is 6.04. The number of rotatable bonds is 6. The molecule has 0 saturated heterocycles. The van der Waals surface area contributed by atoms with E-state index >= 15 is 0 Å². The van der Waals surface area contributed by atoms with Crippen molar-refractivity contribution in [3.8, 4) is 0 Å². The standard InChI is InChI=1S/C14H20ClNO2/c1-10-4-5-11(8-12(10)15)9-16-7-6-14(2,3)13(17)18/h4-5,8,16H,6-7,9H2,1-3H3,(H,17,18). The van der Waals surface area contributed by atoms with Crippen molar-refractivity contribution >= 4 is 17.6 Å². The molecule has 0 radical (unpaired) electrons. The molecule has 0 aliphatic rings. The van der Waals surface area contributed by atoms with Gasteiger partial charge in [-0.1, -0.05) is 23.7 Å². The molecule has 0 amide bonds. The second-order valence-electron chi connectivity index (χ2n) is 5.20. The number of hydrogen-bond acceptors (Lipinski definition) is 2. The molecule has 0 fully saturated rings. The Balaban J connectivity index is 2.38. The highest BCUT2D eigenvalue weighted by Gasteiger charge is 2.25. The molecule has 0 saturated carbocycles. The van der Waals surface area contributed by atoms with Crippen molar-refractivity contribution in [2.24, 2.45) is 5.41 Å². The summed E-state index contributed by atoms with van der Waals surface area (Å²) in [7, 11) is 0. The lowest BCUT2D eigenvalue weighted by Gasteiger charge is -2.19. The van der Waals surface area contributed by atoms with Crippen LogP contribution in [0.3, 0.4) is 0 Å². The maximum Gasteiger partial charge on any atom is 0.309 e. The van der Waals surface area contributed by atoms with Crippen LogP contribution in [0.4, 0.5) is 0 Å². The molecule has 0 atom stereocenters. The topological polar surface area (TPSA) is 49.3 Å². The van der Waals surface area contributed by atoms with Gasteiger partial charge in [-0.05, 0) is 50.9 Å². The number of aryl methyl sites for hydroxylation is 1. The summed E-state index contributed by atoms with van der Waals surface area (Å²) in [5, 5.41) is 13.0. The molecule has 3 nitrogen and oxygen atoms in total. The molecule has 100 valence electrons. The van der Waals surface area contributed by atoms with Gasteiger partial charge in [0, 0.05) is 11.6 Å². The van der Waals surface area contributed by atoms with E-state index in [0.717, 1.165) is 16.1 Å². The summed E-state index contributed by atoms with van der Waals surface area (Å²) < 4.78 is 0. The van der Waals surface area contributed by atoms with Gasteiger partial charge in [-0.25, -0.2) is 0 Å². The number of benzene rings is 1. The average molecular weight is 270 g/mol. The quantitative estimate of drug-likeness (QED) is 0.780. The SMILES string of the molecule is Cc1ccc(CNCCC(C)(C)C(=O)O)cc1Cl. The number of carboxylic acids is 1. The molecular weight excluding hydrogens is 250 g/mol. The third-order valence-electron chi connectivity index (χ3n) is 3.07. The van der Waals surface area contributed by atoms with Crippen molar-refractivity contribution in [1.82, 2.24) is 5.32 Å². The second kappa shape index (κ2) is 6.21. The van der Waals surface area contributed by atoms with E-state index in [9.17, 15) is 4.79 Å². The fourth-order valence-electron chi connectivity index (χ4n) is 1.49. The first-order valence-electron chi connectivity index (χ1n) is 6.02. The Labute approximate surface area is 113 Å². The van der Waals surface area contributed by atoms with Crippen LogP contribution in [0.5, 0.6) is 0 Å². The van der Waals surface area contributed by atoms with Gasteiger partial charge in [0.05, 0.1) is 5.41 Å². The Bertz CT molecular complexity index is 430. The minimum Gasteiger partial charge on any atom is -0.481 e. The minimum absolute atomic E-state index is 0.599. The largest absolute Gasteiger partial charge is 0.481 e. The summed E-state index contributed by atoms with van der Waals surface area (Å²) in [6.07, 6.45) is 0.599. The van der Waals surface area contributed by atoms with Crippen LogP contribution in [0, 0.1) is 12.3 Å². The van der Waals surface area contributed by atoms with E-state index in [0.29, 0.717) is 19.5 Å². The van der Waals surface area contributed by atoms with Crippen LogP contribution in [-0.2, 0) is 11.3 Å². The second-order valence-corrected chi connectivity index (χ2v) is 5.61. The molecule has 0 aliphatic heterocycles. The molecule has 0 aliphatic carbocycles. The molecule has 0 spiro atoms. The Morgan fingerprint density at radius 2 is 2.11 bits per heavy atom. The third kappa shape index (κ3) is 4.31. The Morgan fingerprint density at radius 3 is 2.67 bits per heavy atom. The molecule has 0 unspecified atom stereocenters. The zero-order chi connectivity index (χ0) is 13.8. The number of halogens is 1. The van der Waals surface area contributed by atoms with Crippen molar-refractivity contribution in [2.45, 2.75) is 33.7 Å². The minimum atomic E-state index is -0.761. The summed E-state index contributed by atoms with van der Waals surface area (Å²) in [6.45, 7) is 6.81. The van der Waals surface area contributed by atoms with Gasteiger partial charge in [0.2, 0.25) is 0 Å². The molecule has 0 heterocycles. The molecule has 1 aromatic rings. The lowest BCUT2D eigenvalue weighted by atomic mass is 9.90. The summed E-state index contributed by atoms with van der Waals surface area (Å²) in [6, 6.07) is 5.95. The molecule has 2 N–H and O–H groups in total. The summed E-state index contributed by atoms with van der Waals surface area (Å²) in [5.74, 6) is -0.761. The lowest BCUT2D eigenvalue weighted by Crippen LogP contribution is -2.28. The normalized spacial score (nSPS) is 11.6. The zero-order valence-corrected chi connectivity index (χ0v) is 11.8. The smallest absolute Gasteiger partial charge is 0.309 e. The zero-order valence-electron chi connectivity index (χ0n) is 11.1. The van der Waals surface area contributed by atoms with Crippen LogP contribution >= 0.6 is 11.6 Å². The van der Waals surface area contributed by atoms with E-state index in [1.165, 1.54) is 0 Å². The van der Waals surface area contributed by atoms with Gasteiger partial charge in [0.25, 0.3) is 0 Å². The van der Waals surface area contributed by atoms with Gasteiger partial charge in [0.1, 0.15) is 0 Å². The first-order chi connectivity index (χ1) is 8.33. The first kappa shape index (κ1) is 15.0. The van der Waals surface area contributed by atoms with E-state index in [1.807, 2.05) is 25.1 Å². The average Bonchev–Trinajstić information content (AvgIpc) is 2.29. The number of hydrogen-bond donors (Lipinski definition) is 2. The number of aliphatic carboxylic acids is 1. The Hall–Kier alpha value is -1.06. The molecule has 4 heteroatoms. The van der Waals surface area contributed by atoms with Crippen LogP contribution in [0.15, 0.2) is 18.2 Å². The van der Waals surface area contributed by atoms with Crippen molar-refractivity contribution in [2.75, 3.05) is 6.54 Å². The fourth-order valence-corrected chi connectivity index (χ4v) is 1.69. The lowest BCUT2D eigenvalue weighted by molar-refractivity contribution is -0.147. The maximum absolute atomic E-state index is 10.9. The van der Waals surface area contributed by atoms with Crippen LogP contribution in [0.2, 0.25) is 5.02 Å². The molecular formula is C14H20ClNO2. The molecule has 0 aromatic heterocycles. The predicted molar refractivity (Wildman–Crippen MR) is 73.9 cm³/mol. The molecule has 1 aromatic carbocycles. The third-order valence-corrected chi connectivity index (χ3v) is 3.48. The molecule has 1 rings (SSSR count). The van der Waals surface area contributed by atoms with E-state index < -0.39 is 11.4 Å². The van der Waals surface area contributed by atoms with Crippen molar-refractivity contribution in [1.29, 1.82) is 0 Å². The predicted octanol–water partition coefficient (Wildman–Crippen LogP) is 3.24.